The molecule has 3 nitrogen and oxygen atoms in total. The van der Waals surface area contributed by atoms with Gasteiger partial charge < -0.3 is 10.6 Å². The molecule has 1 aliphatic carbocycles. The molecule has 1 amide bonds. The second-order valence-electron chi connectivity index (χ2n) is 5.53. The molecule has 0 bridgehead atoms. The summed E-state index contributed by atoms with van der Waals surface area (Å²) in [6, 6.07) is 6.01. The molecule has 1 fully saturated rings. The lowest BCUT2D eigenvalue weighted by molar-refractivity contribution is 0.0953. The Bertz CT molecular complexity index is 473. The number of carbonyl (C=O) groups excluding carboxylic acids is 1. The van der Waals surface area contributed by atoms with Crippen LogP contribution in [0.3, 0.4) is 0 Å². The third kappa shape index (κ3) is 5.75. The average Bonchev–Trinajstić information content (AvgIpc) is 2.75. The molecule has 0 unspecified atom stereocenters. The normalized spacial score (nSPS) is 16.5. The second kappa shape index (κ2) is 8.96. The number of amides is 1. The van der Waals surface area contributed by atoms with Crippen molar-refractivity contribution in [3.8, 4) is 0 Å². The van der Waals surface area contributed by atoms with Crippen LogP contribution in [0.15, 0.2) is 18.2 Å². The van der Waals surface area contributed by atoms with Gasteiger partial charge in [-0.3, -0.25) is 4.79 Å². The van der Waals surface area contributed by atoms with Gasteiger partial charge in [-0.2, -0.15) is 0 Å². The Labute approximate surface area is 145 Å². The lowest BCUT2D eigenvalue weighted by Gasteiger charge is -2.16. The fraction of sp³-hybridized carbons (Fsp3) is 0.562. The number of hydrogen-bond acceptors (Lipinski definition) is 2. The van der Waals surface area contributed by atoms with Gasteiger partial charge in [0.05, 0.1) is 5.02 Å². The molecule has 0 heterocycles. The molecular formula is C16H22ClIN2O. The van der Waals surface area contributed by atoms with E-state index in [9.17, 15) is 4.79 Å². The molecule has 2 rings (SSSR count). The third-order valence-corrected chi connectivity index (χ3v) is 5.45. The predicted octanol–water partition coefficient (Wildman–Crippen LogP) is 3.99. The summed E-state index contributed by atoms with van der Waals surface area (Å²) >= 11 is 8.19. The number of carbonyl (C=O) groups is 1. The summed E-state index contributed by atoms with van der Waals surface area (Å²) in [7, 11) is 0. The number of benzene rings is 1. The molecule has 2 N–H and O–H groups in total. The van der Waals surface area contributed by atoms with Crippen LogP contribution in [-0.2, 0) is 0 Å². The summed E-state index contributed by atoms with van der Waals surface area (Å²) in [5.41, 5.74) is 0.620. The van der Waals surface area contributed by atoms with Gasteiger partial charge in [0, 0.05) is 28.3 Å². The molecule has 21 heavy (non-hydrogen) atoms. The van der Waals surface area contributed by atoms with E-state index in [4.69, 9.17) is 11.6 Å². The summed E-state index contributed by atoms with van der Waals surface area (Å²) in [4.78, 5) is 12.0. The number of nitrogens with one attached hydrogen (secondary N) is 2. The largest absolute Gasteiger partial charge is 0.351 e. The first-order valence-electron chi connectivity index (χ1n) is 7.63. The molecule has 0 saturated heterocycles. The summed E-state index contributed by atoms with van der Waals surface area (Å²) < 4.78 is 0.959. The SMILES string of the molecule is O=C(NCCNC1CCCCCC1)c1ccc(I)c(Cl)c1. The maximum atomic E-state index is 12.0. The summed E-state index contributed by atoms with van der Waals surface area (Å²) in [5, 5.41) is 7.11. The van der Waals surface area contributed by atoms with E-state index in [-0.39, 0.29) is 5.91 Å². The van der Waals surface area contributed by atoms with Gasteiger partial charge >= 0.3 is 0 Å². The van der Waals surface area contributed by atoms with Gasteiger partial charge in [0.1, 0.15) is 0 Å². The molecule has 0 spiro atoms. The van der Waals surface area contributed by atoms with Crippen LogP contribution in [0.1, 0.15) is 48.9 Å². The van der Waals surface area contributed by atoms with Crippen LogP contribution in [0.5, 0.6) is 0 Å². The number of hydrogen-bond donors (Lipinski definition) is 2. The highest BCUT2D eigenvalue weighted by atomic mass is 127. The fourth-order valence-corrected chi connectivity index (χ4v) is 3.19. The quantitative estimate of drug-likeness (QED) is 0.430. The highest BCUT2D eigenvalue weighted by Crippen LogP contribution is 2.19. The fourth-order valence-electron chi connectivity index (χ4n) is 2.68. The molecule has 0 atom stereocenters. The molecule has 116 valence electrons. The Morgan fingerprint density at radius 3 is 2.57 bits per heavy atom. The van der Waals surface area contributed by atoms with E-state index < -0.39 is 0 Å². The summed E-state index contributed by atoms with van der Waals surface area (Å²) in [5.74, 6) is -0.0593. The first kappa shape index (κ1) is 17.0. The Morgan fingerprint density at radius 1 is 1.19 bits per heavy atom. The van der Waals surface area contributed by atoms with Gasteiger partial charge in [-0.05, 0) is 53.6 Å². The van der Waals surface area contributed by atoms with Crippen molar-refractivity contribution in [2.24, 2.45) is 0 Å². The smallest absolute Gasteiger partial charge is 0.251 e. The van der Waals surface area contributed by atoms with Crippen LogP contribution in [0, 0.1) is 3.57 Å². The topological polar surface area (TPSA) is 41.1 Å². The first-order valence-corrected chi connectivity index (χ1v) is 9.09. The Kier molecular flexibility index (Phi) is 7.26. The van der Waals surface area contributed by atoms with E-state index in [2.05, 4.69) is 33.2 Å². The van der Waals surface area contributed by atoms with E-state index in [1.54, 1.807) is 6.07 Å². The van der Waals surface area contributed by atoms with Gasteiger partial charge in [-0.25, -0.2) is 0 Å². The van der Waals surface area contributed by atoms with E-state index in [0.717, 1.165) is 10.1 Å². The van der Waals surface area contributed by atoms with E-state index >= 15 is 0 Å². The molecule has 0 aliphatic heterocycles. The standard InChI is InChI=1S/C16H22ClIN2O/c17-14-11-12(7-8-15(14)18)16(21)20-10-9-19-13-5-3-1-2-4-6-13/h7-8,11,13,19H,1-6,9-10H2,(H,20,21). The van der Waals surface area contributed by atoms with Crippen molar-refractivity contribution in [2.75, 3.05) is 13.1 Å². The number of rotatable bonds is 5. The zero-order valence-electron chi connectivity index (χ0n) is 12.1. The number of halogens is 2. The first-order chi connectivity index (χ1) is 10.2. The highest BCUT2D eigenvalue weighted by molar-refractivity contribution is 14.1. The maximum Gasteiger partial charge on any atom is 0.251 e. The van der Waals surface area contributed by atoms with Gasteiger partial charge in [0.15, 0.2) is 0 Å². The molecule has 1 saturated carbocycles. The van der Waals surface area contributed by atoms with Crippen molar-refractivity contribution in [1.82, 2.24) is 10.6 Å². The Hall–Kier alpha value is -0.330. The van der Waals surface area contributed by atoms with E-state index in [1.807, 2.05) is 12.1 Å². The lowest BCUT2D eigenvalue weighted by Crippen LogP contribution is -2.36. The molecule has 0 radical (unpaired) electrons. The Morgan fingerprint density at radius 2 is 1.90 bits per heavy atom. The maximum absolute atomic E-state index is 12.0. The van der Waals surface area contributed by atoms with Gasteiger partial charge in [-0.1, -0.05) is 37.3 Å². The van der Waals surface area contributed by atoms with Crippen molar-refractivity contribution >= 4 is 40.1 Å². The summed E-state index contributed by atoms with van der Waals surface area (Å²) in [6.07, 6.45) is 7.91. The third-order valence-electron chi connectivity index (χ3n) is 3.88. The van der Waals surface area contributed by atoms with E-state index in [0.29, 0.717) is 23.2 Å². The van der Waals surface area contributed by atoms with Crippen LogP contribution in [-0.4, -0.2) is 25.0 Å². The molecule has 5 heteroatoms. The zero-order valence-corrected chi connectivity index (χ0v) is 15.0. The van der Waals surface area contributed by atoms with Crippen LogP contribution in [0.25, 0.3) is 0 Å². The monoisotopic (exact) mass is 420 g/mol. The van der Waals surface area contributed by atoms with Crippen molar-refractivity contribution < 1.29 is 4.79 Å². The van der Waals surface area contributed by atoms with E-state index in [1.165, 1.54) is 38.5 Å². The van der Waals surface area contributed by atoms with Crippen LogP contribution >= 0.6 is 34.2 Å². The van der Waals surface area contributed by atoms with Crippen molar-refractivity contribution in [1.29, 1.82) is 0 Å². The van der Waals surface area contributed by atoms with Crippen molar-refractivity contribution in [3.05, 3.63) is 32.4 Å². The zero-order chi connectivity index (χ0) is 15.1. The van der Waals surface area contributed by atoms with Gasteiger partial charge in [-0.15, -0.1) is 0 Å². The summed E-state index contributed by atoms with van der Waals surface area (Å²) in [6.45, 7) is 1.48. The molecule has 1 aromatic carbocycles. The van der Waals surface area contributed by atoms with Crippen LogP contribution < -0.4 is 10.6 Å². The minimum absolute atomic E-state index is 0.0593. The highest BCUT2D eigenvalue weighted by Gasteiger charge is 2.11. The molecule has 1 aromatic rings. The van der Waals surface area contributed by atoms with Gasteiger partial charge in [0.25, 0.3) is 5.91 Å². The minimum atomic E-state index is -0.0593. The molecular weight excluding hydrogens is 399 g/mol. The van der Waals surface area contributed by atoms with Crippen molar-refractivity contribution in [2.45, 2.75) is 44.6 Å². The average molecular weight is 421 g/mol. The van der Waals surface area contributed by atoms with Crippen molar-refractivity contribution in [3.63, 3.8) is 0 Å². The predicted molar refractivity (Wildman–Crippen MR) is 96.0 cm³/mol. The van der Waals surface area contributed by atoms with Crippen LogP contribution in [0.2, 0.25) is 5.02 Å². The lowest BCUT2D eigenvalue weighted by atomic mass is 10.1. The molecule has 1 aliphatic rings. The van der Waals surface area contributed by atoms with Gasteiger partial charge in [0.2, 0.25) is 0 Å². The second-order valence-corrected chi connectivity index (χ2v) is 7.10. The van der Waals surface area contributed by atoms with Crippen LogP contribution in [0.4, 0.5) is 0 Å². The minimum Gasteiger partial charge on any atom is -0.351 e. The molecule has 0 aromatic heterocycles. The Balaban J connectivity index is 1.70.